The maximum Gasteiger partial charge on any atom is 0.00639 e. The second-order valence-electron chi connectivity index (χ2n) is 9.80. The van der Waals surface area contributed by atoms with Crippen molar-refractivity contribution < 1.29 is 0 Å². The van der Waals surface area contributed by atoms with Crippen molar-refractivity contribution in [2.75, 3.05) is 0 Å². The molecule has 0 bridgehead atoms. The fraction of sp³-hybridized carbons (Fsp3) is 0.176. The van der Waals surface area contributed by atoms with E-state index in [2.05, 4.69) is 117 Å². The van der Waals surface area contributed by atoms with E-state index in [1.54, 1.807) is 5.57 Å². The number of fused-ring (bicyclic) bond motifs is 2. The van der Waals surface area contributed by atoms with E-state index in [4.69, 9.17) is 0 Å². The Bertz CT molecular complexity index is 1420. The van der Waals surface area contributed by atoms with Crippen LogP contribution in [0.5, 0.6) is 0 Å². The van der Waals surface area contributed by atoms with Gasteiger partial charge in [-0.05, 0) is 83.2 Å². The molecule has 0 saturated carbocycles. The summed E-state index contributed by atoms with van der Waals surface area (Å²) in [6.07, 6.45) is 5.75. The van der Waals surface area contributed by atoms with E-state index in [1.807, 2.05) is 0 Å². The summed E-state index contributed by atoms with van der Waals surface area (Å²) in [5.74, 6) is 0.472. The molecule has 0 nitrogen and oxygen atoms in total. The van der Waals surface area contributed by atoms with Gasteiger partial charge in [0.1, 0.15) is 0 Å². The highest BCUT2D eigenvalue weighted by molar-refractivity contribution is 5.88. The Morgan fingerprint density at radius 3 is 2.06 bits per heavy atom. The van der Waals surface area contributed by atoms with Gasteiger partial charge < -0.3 is 0 Å². The Hall–Kier alpha value is -3.64. The molecule has 0 fully saturated rings. The van der Waals surface area contributed by atoms with Crippen LogP contribution < -0.4 is 0 Å². The van der Waals surface area contributed by atoms with Crippen LogP contribution in [0, 0.1) is 0 Å². The summed E-state index contributed by atoms with van der Waals surface area (Å²) in [6.45, 7) is 4.66. The third-order valence-corrected chi connectivity index (χ3v) is 7.70. The fourth-order valence-corrected chi connectivity index (χ4v) is 6.11. The maximum absolute atomic E-state index is 2.41. The van der Waals surface area contributed by atoms with Crippen LogP contribution in [0.2, 0.25) is 0 Å². The molecule has 1 unspecified atom stereocenters. The minimum absolute atomic E-state index is 0.472. The highest BCUT2D eigenvalue weighted by Gasteiger charge is 2.28. The summed E-state index contributed by atoms with van der Waals surface area (Å²) in [6, 6.07) is 35.4. The first-order valence-corrected chi connectivity index (χ1v) is 12.4. The number of benzene rings is 4. The van der Waals surface area contributed by atoms with Gasteiger partial charge in [0, 0.05) is 5.92 Å². The molecule has 0 N–H and O–H groups in total. The first-order chi connectivity index (χ1) is 16.7. The second kappa shape index (κ2) is 8.61. The summed E-state index contributed by atoms with van der Waals surface area (Å²) >= 11 is 0. The molecule has 0 heteroatoms. The van der Waals surface area contributed by atoms with Crippen LogP contribution in [0.4, 0.5) is 0 Å². The van der Waals surface area contributed by atoms with E-state index >= 15 is 0 Å². The lowest BCUT2D eigenvalue weighted by molar-refractivity contribution is 0.735. The van der Waals surface area contributed by atoms with Gasteiger partial charge >= 0.3 is 0 Å². The molecule has 0 amide bonds. The molecule has 6 rings (SSSR count). The van der Waals surface area contributed by atoms with Gasteiger partial charge in [0.15, 0.2) is 0 Å². The average Bonchev–Trinajstić information content (AvgIpc) is 3.38. The molecular formula is C34H30. The summed E-state index contributed by atoms with van der Waals surface area (Å²) in [4.78, 5) is 0. The first-order valence-electron chi connectivity index (χ1n) is 12.4. The minimum Gasteiger partial charge on any atom is -0.0652 e. The molecule has 0 spiro atoms. The lowest BCUT2D eigenvalue weighted by atomic mass is 9.83. The third-order valence-electron chi connectivity index (χ3n) is 7.70. The van der Waals surface area contributed by atoms with E-state index < -0.39 is 0 Å². The molecule has 1 atom stereocenters. The summed E-state index contributed by atoms with van der Waals surface area (Å²) in [7, 11) is 0. The predicted molar refractivity (Wildman–Crippen MR) is 146 cm³/mol. The number of hydrogen-bond donors (Lipinski definition) is 0. The molecule has 4 aromatic carbocycles. The normalized spacial score (nSPS) is 16.4. The van der Waals surface area contributed by atoms with Gasteiger partial charge in [-0.2, -0.15) is 0 Å². The molecule has 4 aromatic rings. The van der Waals surface area contributed by atoms with E-state index in [-0.39, 0.29) is 0 Å². The molecular weight excluding hydrogens is 408 g/mol. The van der Waals surface area contributed by atoms with Crippen LogP contribution in [0.25, 0.3) is 33.9 Å². The van der Waals surface area contributed by atoms with Gasteiger partial charge in [0.25, 0.3) is 0 Å². The molecule has 34 heavy (non-hydrogen) atoms. The van der Waals surface area contributed by atoms with Crippen molar-refractivity contribution in [3.05, 3.63) is 130 Å². The molecule has 2 aliphatic rings. The maximum atomic E-state index is 2.41. The Balaban J connectivity index is 1.35. The number of hydrogen-bond acceptors (Lipinski definition) is 0. The zero-order chi connectivity index (χ0) is 23.1. The topological polar surface area (TPSA) is 0 Å². The Morgan fingerprint density at radius 2 is 1.32 bits per heavy atom. The van der Waals surface area contributed by atoms with Gasteiger partial charge in [-0.1, -0.05) is 114 Å². The van der Waals surface area contributed by atoms with E-state index in [0.29, 0.717) is 5.92 Å². The van der Waals surface area contributed by atoms with Crippen molar-refractivity contribution in [1.29, 1.82) is 0 Å². The first kappa shape index (κ1) is 20.9. The predicted octanol–water partition coefficient (Wildman–Crippen LogP) is 9.33. The van der Waals surface area contributed by atoms with E-state index in [1.165, 1.54) is 55.7 Å². The molecule has 0 aromatic heterocycles. The minimum atomic E-state index is 0.472. The summed E-state index contributed by atoms with van der Waals surface area (Å²) in [5, 5.41) is 0. The van der Waals surface area contributed by atoms with Gasteiger partial charge in [-0.15, -0.1) is 0 Å². The Kier molecular flexibility index (Phi) is 5.30. The van der Waals surface area contributed by atoms with Crippen LogP contribution in [-0.2, 0) is 6.42 Å². The van der Waals surface area contributed by atoms with Crippen LogP contribution in [0.3, 0.4) is 0 Å². The highest BCUT2D eigenvalue weighted by atomic mass is 14.3. The van der Waals surface area contributed by atoms with Crippen molar-refractivity contribution in [1.82, 2.24) is 0 Å². The third kappa shape index (κ3) is 3.55. The van der Waals surface area contributed by atoms with Crippen LogP contribution >= 0.6 is 0 Å². The molecule has 166 valence electrons. The SMILES string of the molecule is CC1=Cc2cccc(-c3ccccc3)c2C1CCC1=C(C)Cc2cccc(-c3ccccc3)c21. The van der Waals surface area contributed by atoms with Crippen molar-refractivity contribution >= 4 is 11.6 Å². The molecule has 0 heterocycles. The molecule has 0 radical (unpaired) electrons. The lowest BCUT2D eigenvalue weighted by Gasteiger charge is -2.20. The van der Waals surface area contributed by atoms with Crippen LogP contribution in [-0.4, -0.2) is 0 Å². The zero-order valence-corrected chi connectivity index (χ0v) is 20.0. The Labute approximate surface area is 203 Å². The van der Waals surface area contributed by atoms with Gasteiger partial charge in [-0.3, -0.25) is 0 Å². The summed E-state index contributed by atoms with van der Waals surface area (Å²) in [5.41, 5.74) is 15.9. The van der Waals surface area contributed by atoms with Gasteiger partial charge in [0.2, 0.25) is 0 Å². The summed E-state index contributed by atoms with van der Waals surface area (Å²) < 4.78 is 0. The average molecular weight is 439 g/mol. The van der Waals surface area contributed by atoms with Crippen LogP contribution in [0.15, 0.2) is 108 Å². The highest BCUT2D eigenvalue weighted by Crippen LogP contribution is 2.47. The van der Waals surface area contributed by atoms with Gasteiger partial charge in [0.05, 0.1) is 0 Å². The second-order valence-corrected chi connectivity index (χ2v) is 9.80. The Morgan fingerprint density at radius 1 is 0.676 bits per heavy atom. The largest absolute Gasteiger partial charge is 0.0652 e. The van der Waals surface area contributed by atoms with Crippen molar-refractivity contribution in [2.45, 2.75) is 39.0 Å². The van der Waals surface area contributed by atoms with E-state index in [9.17, 15) is 0 Å². The lowest BCUT2D eigenvalue weighted by Crippen LogP contribution is -2.01. The number of allylic oxidation sites excluding steroid dienone is 3. The van der Waals surface area contributed by atoms with Crippen molar-refractivity contribution in [3.63, 3.8) is 0 Å². The monoisotopic (exact) mass is 438 g/mol. The van der Waals surface area contributed by atoms with E-state index in [0.717, 1.165) is 19.3 Å². The van der Waals surface area contributed by atoms with Crippen LogP contribution in [0.1, 0.15) is 54.9 Å². The quantitative estimate of drug-likeness (QED) is 0.291. The number of rotatable bonds is 5. The fourth-order valence-electron chi connectivity index (χ4n) is 6.11. The standard InChI is InChI=1S/C34H30/c1-23-21-27-15-9-17-31(25-11-5-3-6-12-25)33(27)29(23)19-20-30-24(2)22-28-16-10-18-32(34(28)30)26-13-7-4-8-14-26/h3-18,21,29H,19-20,22H2,1-2H3. The van der Waals surface area contributed by atoms with Gasteiger partial charge in [-0.25, -0.2) is 0 Å². The molecule has 2 aliphatic carbocycles. The smallest absolute Gasteiger partial charge is 0.00639 e. The van der Waals surface area contributed by atoms with Crippen molar-refractivity contribution in [3.8, 4) is 22.3 Å². The zero-order valence-electron chi connectivity index (χ0n) is 20.0. The molecule has 0 aliphatic heterocycles. The van der Waals surface area contributed by atoms with Crippen molar-refractivity contribution in [2.24, 2.45) is 0 Å². The molecule has 0 saturated heterocycles.